The SMILES string of the molecule is COC1=C(OS(=O)(=O)[O-])C=CC(/C=C/C(=O)[O-])C1.[Na+].[Na+]. The monoisotopic (exact) mass is 320 g/mol. The minimum absolute atomic E-state index is 0. The van der Waals surface area contributed by atoms with E-state index in [9.17, 15) is 22.9 Å². The molecule has 20 heavy (non-hydrogen) atoms. The summed E-state index contributed by atoms with van der Waals surface area (Å²) in [4.78, 5) is 10.2. The summed E-state index contributed by atoms with van der Waals surface area (Å²) in [6.45, 7) is 0. The topological polar surface area (TPSA) is 116 Å². The van der Waals surface area contributed by atoms with Crippen LogP contribution in [0, 0.1) is 5.92 Å². The number of carboxylic acid groups (broad SMARTS) is 1. The van der Waals surface area contributed by atoms with E-state index in [0.717, 1.165) is 6.08 Å². The molecule has 1 rings (SSSR count). The predicted molar refractivity (Wildman–Crippen MR) is 56.2 cm³/mol. The zero-order chi connectivity index (χ0) is 13.8. The molecule has 0 aromatic rings. The van der Waals surface area contributed by atoms with Crippen LogP contribution in [0.5, 0.6) is 0 Å². The van der Waals surface area contributed by atoms with E-state index in [1.54, 1.807) is 0 Å². The third kappa shape index (κ3) is 8.48. The van der Waals surface area contributed by atoms with E-state index in [1.807, 2.05) is 0 Å². The second-order valence-electron chi connectivity index (χ2n) is 3.39. The summed E-state index contributed by atoms with van der Waals surface area (Å²) >= 11 is 0. The Kier molecular flexibility index (Phi) is 11.3. The van der Waals surface area contributed by atoms with Crippen molar-refractivity contribution < 1.29 is 90.9 Å². The van der Waals surface area contributed by atoms with E-state index in [-0.39, 0.29) is 83.0 Å². The third-order valence-electron chi connectivity index (χ3n) is 2.11. The predicted octanol–water partition coefficient (Wildman–Crippen LogP) is -6.79. The van der Waals surface area contributed by atoms with Crippen LogP contribution < -0.4 is 64.2 Å². The molecule has 0 aromatic carbocycles. The van der Waals surface area contributed by atoms with Gasteiger partial charge in [-0.2, -0.15) is 0 Å². The Labute approximate surface area is 161 Å². The van der Waals surface area contributed by atoms with Crippen molar-refractivity contribution in [3.63, 3.8) is 0 Å². The first-order valence-electron chi connectivity index (χ1n) is 4.81. The third-order valence-corrected chi connectivity index (χ3v) is 2.49. The Bertz CT molecular complexity index is 522. The summed E-state index contributed by atoms with van der Waals surface area (Å²) in [7, 11) is -3.58. The van der Waals surface area contributed by atoms with Gasteiger partial charge >= 0.3 is 59.1 Å². The maximum absolute atomic E-state index is 10.5. The van der Waals surface area contributed by atoms with Gasteiger partial charge in [0.15, 0.2) is 5.76 Å². The second-order valence-corrected chi connectivity index (χ2v) is 4.37. The molecule has 1 aliphatic rings. The Morgan fingerprint density at radius 2 is 2.05 bits per heavy atom. The largest absolute Gasteiger partial charge is 1.00 e. The fourth-order valence-electron chi connectivity index (χ4n) is 1.39. The molecule has 1 aliphatic carbocycles. The van der Waals surface area contributed by atoms with E-state index in [4.69, 9.17) is 4.74 Å². The molecular weight excluding hydrogens is 310 g/mol. The van der Waals surface area contributed by atoms with Crippen molar-refractivity contribution in [2.45, 2.75) is 6.42 Å². The Balaban J connectivity index is 0. The molecule has 0 N–H and O–H groups in total. The molecule has 0 aliphatic heterocycles. The molecule has 1 atom stereocenters. The van der Waals surface area contributed by atoms with Crippen LogP contribution in [0.4, 0.5) is 0 Å². The van der Waals surface area contributed by atoms with Crippen LogP contribution in [-0.4, -0.2) is 26.0 Å². The maximum Gasteiger partial charge on any atom is 1.00 e. The molecule has 0 bridgehead atoms. The van der Waals surface area contributed by atoms with Gasteiger partial charge in [-0.3, -0.25) is 0 Å². The number of hydrogen-bond donors (Lipinski definition) is 0. The smallest absolute Gasteiger partial charge is 0.716 e. The molecule has 100 valence electrons. The first-order valence-corrected chi connectivity index (χ1v) is 6.15. The molecule has 0 aromatic heterocycles. The standard InChI is InChI=1S/C10H12O7S.2Na/c1-16-9-6-7(3-5-10(11)12)2-4-8(9)17-18(13,14)15;;/h2-5,7H,6H2,1H3,(H,11,12)(H,13,14,15);;/q;2*+1/p-2/b5-3+;;. The van der Waals surface area contributed by atoms with E-state index in [1.165, 1.54) is 25.3 Å². The van der Waals surface area contributed by atoms with E-state index in [2.05, 4.69) is 4.18 Å². The van der Waals surface area contributed by atoms with Gasteiger partial charge in [0.1, 0.15) is 5.76 Å². The van der Waals surface area contributed by atoms with Crippen LogP contribution in [0.3, 0.4) is 0 Å². The van der Waals surface area contributed by atoms with Crippen LogP contribution in [-0.2, 0) is 24.1 Å². The maximum atomic E-state index is 10.5. The number of ether oxygens (including phenoxy) is 1. The molecule has 0 spiro atoms. The average molecular weight is 320 g/mol. The number of carbonyl (C=O) groups is 1. The summed E-state index contributed by atoms with van der Waals surface area (Å²) in [5.74, 6) is -1.70. The molecule has 0 saturated carbocycles. The first kappa shape index (κ1) is 22.5. The molecule has 0 heterocycles. The van der Waals surface area contributed by atoms with E-state index < -0.39 is 16.4 Å². The Hall–Kier alpha value is 0.200. The van der Waals surface area contributed by atoms with Crippen molar-refractivity contribution in [1.29, 1.82) is 0 Å². The minimum Gasteiger partial charge on any atom is -0.716 e. The molecular formula is C10H10Na2O7S. The normalized spacial score (nSPS) is 18.2. The fourth-order valence-corrected chi connectivity index (χ4v) is 1.76. The average Bonchev–Trinajstić information content (AvgIpc) is 2.25. The summed E-state index contributed by atoms with van der Waals surface area (Å²) in [5.41, 5.74) is 0. The van der Waals surface area contributed by atoms with E-state index in [0.29, 0.717) is 0 Å². The van der Waals surface area contributed by atoms with Crippen molar-refractivity contribution in [2.24, 2.45) is 5.92 Å². The summed E-state index contributed by atoms with van der Waals surface area (Å²) in [6.07, 6.45) is 5.12. The van der Waals surface area contributed by atoms with Gasteiger partial charge < -0.3 is 23.4 Å². The van der Waals surface area contributed by atoms with Gasteiger partial charge in [0, 0.05) is 12.3 Å². The van der Waals surface area contributed by atoms with Gasteiger partial charge in [-0.15, -0.1) is 0 Å². The molecule has 10 heteroatoms. The number of methoxy groups -OCH3 is 1. The van der Waals surface area contributed by atoms with Crippen LogP contribution in [0.2, 0.25) is 0 Å². The molecule has 1 unspecified atom stereocenters. The van der Waals surface area contributed by atoms with Gasteiger partial charge in [0.05, 0.1) is 13.1 Å². The molecule has 0 radical (unpaired) electrons. The first-order chi connectivity index (χ1) is 8.31. The number of hydrogen-bond acceptors (Lipinski definition) is 7. The van der Waals surface area contributed by atoms with Gasteiger partial charge in [-0.05, 0) is 12.2 Å². The second kappa shape index (κ2) is 10.0. The Morgan fingerprint density at radius 3 is 2.50 bits per heavy atom. The van der Waals surface area contributed by atoms with Crippen LogP contribution in [0.1, 0.15) is 6.42 Å². The zero-order valence-corrected chi connectivity index (χ0v) is 16.2. The van der Waals surface area contributed by atoms with Crippen molar-refractivity contribution in [1.82, 2.24) is 0 Å². The van der Waals surface area contributed by atoms with Crippen molar-refractivity contribution in [3.8, 4) is 0 Å². The van der Waals surface area contributed by atoms with Crippen molar-refractivity contribution in [3.05, 3.63) is 35.8 Å². The minimum atomic E-state index is -4.87. The molecule has 0 amide bonds. The van der Waals surface area contributed by atoms with Gasteiger partial charge in [-0.1, -0.05) is 12.2 Å². The summed E-state index contributed by atoms with van der Waals surface area (Å²) in [6, 6.07) is 0. The van der Waals surface area contributed by atoms with Gasteiger partial charge in [0.2, 0.25) is 0 Å². The number of rotatable bonds is 5. The molecule has 0 saturated heterocycles. The number of allylic oxidation sites excluding steroid dienone is 4. The van der Waals surface area contributed by atoms with Gasteiger partial charge in [-0.25, -0.2) is 8.42 Å². The van der Waals surface area contributed by atoms with E-state index >= 15 is 0 Å². The Morgan fingerprint density at radius 1 is 1.45 bits per heavy atom. The number of aliphatic carboxylic acids is 1. The number of carboxylic acids is 1. The molecule has 7 nitrogen and oxygen atoms in total. The summed E-state index contributed by atoms with van der Waals surface area (Å²) < 4.78 is 40.4. The molecule has 0 fully saturated rings. The zero-order valence-electron chi connectivity index (χ0n) is 11.4. The van der Waals surface area contributed by atoms with Crippen molar-refractivity contribution >= 4 is 16.4 Å². The fraction of sp³-hybridized carbons (Fsp3) is 0.300. The van der Waals surface area contributed by atoms with Crippen LogP contribution in [0.25, 0.3) is 0 Å². The van der Waals surface area contributed by atoms with Gasteiger partial charge in [0.25, 0.3) is 10.4 Å². The number of carbonyl (C=O) groups excluding carboxylic acids is 1. The van der Waals surface area contributed by atoms with Crippen molar-refractivity contribution in [2.75, 3.05) is 7.11 Å². The quantitative estimate of drug-likeness (QED) is 0.214. The summed E-state index contributed by atoms with van der Waals surface area (Å²) in [5, 5.41) is 10.2. The van der Waals surface area contributed by atoms with Crippen LogP contribution in [0.15, 0.2) is 35.8 Å². The van der Waals surface area contributed by atoms with Crippen LogP contribution >= 0.6 is 0 Å².